The van der Waals surface area contributed by atoms with Crippen molar-refractivity contribution < 1.29 is 0 Å². The molecule has 0 N–H and O–H groups in total. The van der Waals surface area contributed by atoms with Crippen molar-refractivity contribution >= 4 is 22.6 Å². The molecule has 0 atom stereocenters. The molecular formula is C18H18N8. The predicted octanol–water partition coefficient (Wildman–Crippen LogP) is 2.15. The quantitative estimate of drug-likeness (QED) is 0.550. The lowest BCUT2D eigenvalue weighted by Crippen LogP contribution is -2.34. The van der Waals surface area contributed by atoms with Gasteiger partial charge in [-0.3, -0.25) is 4.98 Å². The first-order valence-corrected chi connectivity index (χ1v) is 8.79. The Morgan fingerprint density at radius 2 is 1.81 bits per heavy atom. The molecule has 8 heteroatoms. The number of aromatic nitrogens is 7. The van der Waals surface area contributed by atoms with Gasteiger partial charge < -0.3 is 4.90 Å². The fourth-order valence-electron chi connectivity index (χ4n) is 3.54. The lowest BCUT2D eigenvalue weighted by molar-refractivity contribution is 0.475. The second-order valence-corrected chi connectivity index (χ2v) is 6.63. The summed E-state index contributed by atoms with van der Waals surface area (Å²) in [6.07, 6.45) is 5.36. The monoisotopic (exact) mass is 346 g/mol. The van der Waals surface area contributed by atoms with Crippen molar-refractivity contribution in [3.8, 4) is 0 Å². The second-order valence-electron chi connectivity index (χ2n) is 6.63. The Balaban J connectivity index is 1.37. The number of piperidine rings is 1. The molecule has 0 spiro atoms. The van der Waals surface area contributed by atoms with Crippen LogP contribution in [0.25, 0.3) is 16.8 Å². The molecule has 4 aromatic heterocycles. The molecule has 1 fully saturated rings. The maximum absolute atomic E-state index is 4.65. The van der Waals surface area contributed by atoms with Crippen molar-refractivity contribution in [1.82, 2.24) is 34.8 Å². The van der Waals surface area contributed by atoms with Gasteiger partial charge in [-0.2, -0.15) is 9.61 Å². The maximum Gasteiger partial charge on any atom is 0.180 e. The summed E-state index contributed by atoms with van der Waals surface area (Å²) in [5, 5.41) is 13.2. The molecule has 0 unspecified atom stereocenters. The van der Waals surface area contributed by atoms with E-state index in [1.807, 2.05) is 35.7 Å². The Kier molecular flexibility index (Phi) is 3.48. The van der Waals surface area contributed by atoms with Crippen LogP contribution < -0.4 is 4.90 Å². The van der Waals surface area contributed by atoms with Gasteiger partial charge in [0, 0.05) is 31.4 Å². The summed E-state index contributed by atoms with van der Waals surface area (Å²) in [5.74, 6) is 2.27. The summed E-state index contributed by atoms with van der Waals surface area (Å²) >= 11 is 0. The van der Waals surface area contributed by atoms with E-state index in [-0.39, 0.29) is 0 Å². The first kappa shape index (κ1) is 15.1. The van der Waals surface area contributed by atoms with Crippen LogP contribution in [-0.4, -0.2) is 47.9 Å². The minimum absolute atomic E-state index is 0.357. The SMILES string of the molecule is Cc1ccc2nnc(C3CCN(c4ccc5nccnc5n4)CC3)n2n1. The van der Waals surface area contributed by atoms with E-state index in [1.54, 1.807) is 12.4 Å². The van der Waals surface area contributed by atoms with Crippen LogP contribution in [-0.2, 0) is 0 Å². The van der Waals surface area contributed by atoms with Gasteiger partial charge in [0.2, 0.25) is 0 Å². The minimum Gasteiger partial charge on any atom is -0.356 e. The first-order chi connectivity index (χ1) is 12.8. The van der Waals surface area contributed by atoms with Crippen LogP contribution in [0.1, 0.15) is 30.3 Å². The number of hydrogen-bond donors (Lipinski definition) is 0. The van der Waals surface area contributed by atoms with E-state index in [2.05, 4.69) is 35.1 Å². The Hall–Kier alpha value is -3.16. The Morgan fingerprint density at radius 1 is 0.962 bits per heavy atom. The summed E-state index contributed by atoms with van der Waals surface area (Å²) in [4.78, 5) is 15.5. The number of anilines is 1. The molecule has 1 aliphatic heterocycles. The lowest BCUT2D eigenvalue weighted by Gasteiger charge is -2.31. The molecule has 130 valence electrons. The highest BCUT2D eigenvalue weighted by atomic mass is 15.4. The van der Waals surface area contributed by atoms with Crippen LogP contribution in [0, 0.1) is 6.92 Å². The highest BCUT2D eigenvalue weighted by molar-refractivity contribution is 5.71. The van der Waals surface area contributed by atoms with Gasteiger partial charge >= 0.3 is 0 Å². The molecule has 0 aromatic carbocycles. The van der Waals surface area contributed by atoms with Crippen LogP contribution in [0.3, 0.4) is 0 Å². The van der Waals surface area contributed by atoms with E-state index in [4.69, 9.17) is 0 Å². The third-order valence-electron chi connectivity index (χ3n) is 4.92. The van der Waals surface area contributed by atoms with Crippen molar-refractivity contribution in [2.24, 2.45) is 0 Å². The molecule has 4 aromatic rings. The smallest absolute Gasteiger partial charge is 0.180 e. The van der Waals surface area contributed by atoms with Gasteiger partial charge in [0.15, 0.2) is 17.1 Å². The van der Waals surface area contributed by atoms with Gasteiger partial charge in [-0.05, 0) is 44.0 Å². The molecule has 26 heavy (non-hydrogen) atoms. The van der Waals surface area contributed by atoms with Gasteiger partial charge in [0.25, 0.3) is 0 Å². The van der Waals surface area contributed by atoms with Crippen LogP contribution >= 0.6 is 0 Å². The van der Waals surface area contributed by atoms with E-state index >= 15 is 0 Å². The predicted molar refractivity (Wildman–Crippen MR) is 97.0 cm³/mol. The van der Waals surface area contributed by atoms with Crippen molar-refractivity contribution in [3.63, 3.8) is 0 Å². The third-order valence-corrected chi connectivity index (χ3v) is 4.92. The van der Waals surface area contributed by atoms with Crippen molar-refractivity contribution in [3.05, 3.63) is 48.2 Å². The molecule has 0 amide bonds. The zero-order valence-corrected chi connectivity index (χ0v) is 14.4. The highest BCUT2D eigenvalue weighted by Crippen LogP contribution is 2.29. The van der Waals surface area contributed by atoms with Crippen LogP contribution in [0.4, 0.5) is 5.82 Å². The number of aryl methyl sites for hydroxylation is 1. The molecule has 8 nitrogen and oxygen atoms in total. The summed E-state index contributed by atoms with van der Waals surface area (Å²) in [5.41, 5.74) is 3.29. The Morgan fingerprint density at radius 3 is 2.69 bits per heavy atom. The number of fused-ring (bicyclic) bond motifs is 2. The molecule has 5 rings (SSSR count). The van der Waals surface area contributed by atoms with Gasteiger partial charge in [-0.15, -0.1) is 10.2 Å². The summed E-state index contributed by atoms with van der Waals surface area (Å²) in [6.45, 7) is 3.83. The first-order valence-electron chi connectivity index (χ1n) is 8.79. The zero-order chi connectivity index (χ0) is 17.5. The summed E-state index contributed by atoms with van der Waals surface area (Å²) in [7, 11) is 0. The molecular weight excluding hydrogens is 328 g/mol. The zero-order valence-electron chi connectivity index (χ0n) is 14.4. The lowest BCUT2D eigenvalue weighted by atomic mass is 9.96. The molecule has 0 bridgehead atoms. The topological polar surface area (TPSA) is 85.0 Å². The second kappa shape index (κ2) is 5.98. The van der Waals surface area contributed by atoms with Crippen LogP contribution in [0.2, 0.25) is 0 Å². The Labute approximate surface area is 149 Å². The normalized spacial score (nSPS) is 15.8. The third kappa shape index (κ3) is 2.54. The van der Waals surface area contributed by atoms with E-state index in [1.165, 1.54) is 0 Å². The average molecular weight is 346 g/mol. The van der Waals surface area contributed by atoms with E-state index in [0.717, 1.165) is 54.4 Å². The minimum atomic E-state index is 0.357. The fourth-order valence-corrected chi connectivity index (χ4v) is 3.54. The van der Waals surface area contributed by atoms with Crippen molar-refractivity contribution in [1.29, 1.82) is 0 Å². The van der Waals surface area contributed by atoms with E-state index in [0.29, 0.717) is 11.6 Å². The summed E-state index contributed by atoms with van der Waals surface area (Å²) in [6, 6.07) is 7.93. The number of pyridine rings is 1. The summed E-state index contributed by atoms with van der Waals surface area (Å²) < 4.78 is 1.89. The van der Waals surface area contributed by atoms with Crippen LogP contribution in [0.15, 0.2) is 36.7 Å². The van der Waals surface area contributed by atoms with Gasteiger partial charge in [-0.1, -0.05) is 0 Å². The van der Waals surface area contributed by atoms with Gasteiger partial charge in [-0.25, -0.2) is 9.97 Å². The largest absolute Gasteiger partial charge is 0.356 e. The molecule has 0 radical (unpaired) electrons. The van der Waals surface area contributed by atoms with E-state index < -0.39 is 0 Å². The van der Waals surface area contributed by atoms with Gasteiger partial charge in [0.05, 0.1) is 5.69 Å². The van der Waals surface area contributed by atoms with Crippen molar-refractivity contribution in [2.45, 2.75) is 25.7 Å². The highest BCUT2D eigenvalue weighted by Gasteiger charge is 2.26. The van der Waals surface area contributed by atoms with Crippen LogP contribution in [0.5, 0.6) is 0 Å². The average Bonchev–Trinajstić information content (AvgIpc) is 3.11. The number of nitrogens with zero attached hydrogens (tertiary/aromatic N) is 8. The molecule has 5 heterocycles. The molecule has 0 saturated carbocycles. The fraction of sp³-hybridized carbons (Fsp3) is 0.333. The maximum atomic E-state index is 4.65. The molecule has 1 aliphatic rings. The molecule has 1 saturated heterocycles. The molecule has 0 aliphatic carbocycles. The van der Waals surface area contributed by atoms with Gasteiger partial charge in [0.1, 0.15) is 11.3 Å². The number of rotatable bonds is 2. The van der Waals surface area contributed by atoms with Crippen molar-refractivity contribution in [2.75, 3.05) is 18.0 Å². The standard InChI is InChI=1S/C18H18N8/c1-12-2-4-16-22-23-18(26(16)24-12)13-6-10-25(11-7-13)15-5-3-14-17(21-15)20-9-8-19-14/h2-5,8-9,13H,6-7,10-11H2,1H3. The number of hydrogen-bond acceptors (Lipinski definition) is 7. The Bertz CT molecular complexity index is 1080. The van der Waals surface area contributed by atoms with E-state index in [9.17, 15) is 0 Å².